The zero-order valence-corrected chi connectivity index (χ0v) is 7.86. The molecule has 1 aliphatic rings. The molecule has 0 radical (unpaired) electrons. The van der Waals surface area contributed by atoms with Crippen LogP contribution in [0.2, 0.25) is 0 Å². The van der Waals surface area contributed by atoms with E-state index in [1.807, 2.05) is 0 Å². The molecule has 0 bridgehead atoms. The third kappa shape index (κ3) is 1.80. The van der Waals surface area contributed by atoms with E-state index in [-0.39, 0.29) is 11.9 Å². The maximum absolute atomic E-state index is 10.8. The minimum atomic E-state index is -0.535. The number of amides is 1. The van der Waals surface area contributed by atoms with Crippen LogP contribution < -0.4 is 5.73 Å². The Balaban J connectivity index is 2.11. The van der Waals surface area contributed by atoms with Crippen molar-refractivity contribution in [3.63, 3.8) is 0 Å². The molecule has 1 amide bonds. The fourth-order valence-corrected chi connectivity index (χ4v) is 1.62. The topological polar surface area (TPSA) is 65.5 Å². The molecule has 2 rings (SSSR count). The average molecular weight is 195 g/mol. The number of carbonyl (C=O) groups is 1. The van der Waals surface area contributed by atoms with Crippen LogP contribution in [0.4, 0.5) is 0 Å². The third-order valence-electron chi connectivity index (χ3n) is 2.37. The Kier molecular flexibility index (Phi) is 2.54. The first-order chi connectivity index (χ1) is 6.77. The number of ether oxygens (including phenoxy) is 1. The Morgan fingerprint density at radius 3 is 2.86 bits per heavy atom. The molecule has 0 aliphatic carbocycles. The number of rotatable bonds is 2. The summed E-state index contributed by atoms with van der Waals surface area (Å²) < 4.78 is 10.8. The van der Waals surface area contributed by atoms with E-state index in [0.717, 1.165) is 25.9 Å². The summed E-state index contributed by atoms with van der Waals surface area (Å²) in [4.78, 5) is 10.8. The standard InChI is InChI=1S/C10H13NO3/c11-10(12)9-5-4-8(14-9)7-3-1-2-6-13-7/h4-5,7H,1-3,6H2,(H2,11,12). The van der Waals surface area contributed by atoms with Crippen molar-refractivity contribution in [3.8, 4) is 0 Å². The number of hydrogen-bond donors (Lipinski definition) is 1. The average Bonchev–Trinajstić information content (AvgIpc) is 2.68. The van der Waals surface area contributed by atoms with Gasteiger partial charge in [-0.15, -0.1) is 0 Å². The summed E-state index contributed by atoms with van der Waals surface area (Å²) >= 11 is 0. The second kappa shape index (κ2) is 3.84. The summed E-state index contributed by atoms with van der Waals surface area (Å²) in [6.07, 6.45) is 3.18. The van der Waals surface area contributed by atoms with Crippen molar-refractivity contribution in [2.75, 3.05) is 6.61 Å². The molecule has 1 fully saturated rings. The van der Waals surface area contributed by atoms with Crippen LogP contribution >= 0.6 is 0 Å². The molecular weight excluding hydrogens is 182 g/mol. The van der Waals surface area contributed by atoms with Crippen LogP contribution in [-0.2, 0) is 4.74 Å². The SMILES string of the molecule is NC(=O)c1ccc(C2CCCCO2)o1. The van der Waals surface area contributed by atoms with Crippen molar-refractivity contribution in [3.05, 3.63) is 23.7 Å². The van der Waals surface area contributed by atoms with E-state index in [0.29, 0.717) is 5.76 Å². The zero-order valence-electron chi connectivity index (χ0n) is 7.86. The molecular formula is C10H13NO3. The summed E-state index contributed by atoms with van der Waals surface area (Å²) in [5, 5.41) is 0. The Bertz CT molecular complexity index is 326. The summed E-state index contributed by atoms with van der Waals surface area (Å²) in [6, 6.07) is 3.35. The van der Waals surface area contributed by atoms with Crippen molar-refractivity contribution in [2.45, 2.75) is 25.4 Å². The first-order valence-electron chi connectivity index (χ1n) is 4.78. The molecule has 1 atom stereocenters. The molecule has 1 aromatic heterocycles. The lowest BCUT2D eigenvalue weighted by atomic mass is 10.1. The summed E-state index contributed by atoms with van der Waals surface area (Å²) in [5.41, 5.74) is 5.08. The van der Waals surface area contributed by atoms with E-state index >= 15 is 0 Å². The lowest BCUT2D eigenvalue weighted by molar-refractivity contribution is 0.00142. The number of carbonyl (C=O) groups excluding carboxylic acids is 1. The minimum Gasteiger partial charge on any atom is -0.453 e. The van der Waals surface area contributed by atoms with E-state index in [1.54, 1.807) is 12.1 Å². The van der Waals surface area contributed by atoms with Crippen molar-refractivity contribution in [2.24, 2.45) is 5.73 Å². The Morgan fingerprint density at radius 1 is 1.43 bits per heavy atom. The van der Waals surface area contributed by atoms with Gasteiger partial charge in [0.25, 0.3) is 5.91 Å². The highest BCUT2D eigenvalue weighted by molar-refractivity contribution is 5.89. The van der Waals surface area contributed by atoms with Crippen LogP contribution in [0.15, 0.2) is 16.5 Å². The third-order valence-corrected chi connectivity index (χ3v) is 2.37. The van der Waals surface area contributed by atoms with Crippen LogP contribution in [0.25, 0.3) is 0 Å². The normalized spacial score (nSPS) is 22.1. The predicted molar refractivity (Wildman–Crippen MR) is 49.8 cm³/mol. The van der Waals surface area contributed by atoms with E-state index < -0.39 is 5.91 Å². The van der Waals surface area contributed by atoms with E-state index in [1.165, 1.54) is 0 Å². The summed E-state index contributed by atoms with van der Waals surface area (Å²) in [6.45, 7) is 0.761. The Morgan fingerprint density at radius 2 is 2.29 bits per heavy atom. The van der Waals surface area contributed by atoms with Crippen LogP contribution in [0.1, 0.15) is 41.7 Å². The van der Waals surface area contributed by atoms with E-state index in [2.05, 4.69) is 0 Å². The summed E-state index contributed by atoms with van der Waals surface area (Å²) in [7, 11) is 0. The number of primary amides is 1. The molecule has 4 nitrogen and oxygen atoms in total. The van der Waals surface area contributed by atoms with Gasteiger partial charge < -0.3 is 14.9 Å². The first kappa shape index (κ1) is 9.27. The van der Waals surface area contributed by atoms with Gasteiger partial charge in [-0.3, -0.25) is 4.79 Å². The maximum Gasteiger partial charge on any atom is 0.284 e. The monoisotopic (exact) mass is 195 g/mol. The van der Waals surface area contributed by atoms with Crippen molar-refractivity contribution in [1.29, 1.82) is 0 Å². The second-order valence-electron chi connectivity index (χ2n) is 3.42. The molecule has 1 unspecified atom stereocenters. The molecule has 14 heavy (non-hydrogen) atoms. The van der Waals surface area contributed by atoms with Crippen LogP contribution in [0.5, 0.6) is 0 Å². The molecule has 2 N–H and O–H groups in total. The van der Waals surface area contributed by atoms with Crippen molar-refractivity contribution >= 4 is 5.91 Å². The van der Waals surface area contributed by atoms with Gasteiger partial charge in [-0.1, -0.05) is 0 Å². The number of hydrogen-bond acceptors (Lipinski definition) is 3. The van der Waals surface area contributed by atoms with Gasteiger partial charge in [-0.2, -0.15) is 0 Å². The molecule has 1 saturated heterocycles. The van der Waals surface area contributed by atoms with Crippen LogP contribution in [-0.4, -0.2) is 12.5 Å². The van der Waals surface area contributed by atoms with Gasteiger partial charge >= 0.3 is 0 Å². The van der Waals surface area contributed by atoms with Gasteiger partial charge in [0.1, 0.15) is 11.9 Å². The molecule has 1 aromatic rings. The highest BCUT2D eigenvalue weighted by atomic mass is 16.5. The molecule has 76 valence electrons. The largest absolute Gasteiger partial charge is 0.453 e. The van der Waals surface area contributed by atoms with Gasteiger partial charge in [0.05, 0.1) is 0 Å². The molecule has 4 heteroatoms. The van der Waals surface area contributed by atoms with Crippen molar-refractivity contribution < 1.29 is 13.9 Å². The first-order valence-corrected chi connectivity index (χ1v) is 4.78. The molecule has 0 spiro atoms. The summed E-state index contributed by atoms with van der Waals surface area (Å²) in [5.74, 6) is 0.375. The second-order valence-corrected chi connectivity index (χ2v) is 3.42. The fraction of sp³-hybridized carbons (Fsp3) is 0.500. The molecule has 2 heterocycles. The lowest BCUT2D eigenvalue weighted by Crippen LogP contribution is -2.11. The number of furan rings is 1. The zero-order chi connectivity index (χ0) is 9.97. The van der Waals surface area contributed by atoms with Gasteiger partial charge in [-0.25, -0.2) is 0 Å². The van der Waals surface area contributed by atoms with Gasteiger partial charge in [-0.05, 0) is 31.4 Å². The van der Waals surface area contributed by atoms with Gasteiger partial charge in [0.15, 0.2) is 5.76 Å². The van der Waals surface area contributed by atoms with Crippen LogP contribution in [0.3, 0.4) is 0 Å². The quantitative estimate of drug-likeness (QED) is 0.779. The van der Waals surface area contributed by atoms with Gasteiger partial charge in [0.2, 0.25) is 0 Å². The van der Waals surface area contributed by atoms with Gasteiger partial charge in [0, 0.05) is 6.61 Å². The molecule has 0 aromatic carbocycles. The van der Waals surface area contributed by atoms with Crippen molar-refractivity contribution in [1.82, 2.24) is 0 Å². The molecule has 0 saturated carbocycles. The minimum absolute atomic E-state index is 0.00292. The highest BCUT2D eigenvalue weighted by Crippen LogP contribution is 2.28. The lowest BCUT2D eigenvalue weighted by Gasteiger charge is -2.20. The number of nitrogens with two attached hydrogens (primary N) is 1. The highest BCUT2D eigenvalue weighted by Gasteiger charge is 2.20. The smallest absolute Gasteiger partial charge is 0.284 e. The Labute approximate surface area is 82.0 Å². The Hall–Kier alpha value is -1.29. The predicted octanol–water partition coefficient (Wildman–Crippen LogP) is 1.62. The fourth-order valence-electron chi connectivity index (χ4n) is 1.62. The van der Waals surface area contributed by atoms with E-state index in [4.69, 9.17) is 14.9 Å². The van der Waals surface area contributed by atoms with Crippen LogP contribution in [0, 0.1) is 0 Å². The maximum atomic E-state index is 10.8. The van der Waals surface area contributed by atoms with E-state index in [9.17, 15) is 4.79 Å². The molecule has 1 aliphatic heterocycles.